The zero-order valence-corrected chi connectivity index (χ0v) is 9.80. The number of benzene rings is 1. The predicted octanol–water partition coefficient (Wildman–Crippen LogP) is 1.08. The molecule has 2 atom stereocenters. The summed E-state index contributed by atoms with van der Waals surface area (Å²) in [6, 6.07) is 9.78. The highest BCUT2D eigenvalue weighted by atomic mass is 16.2. The lowest BCUT2D eigenvalue weighted by molar-refractivity contribution is -0.130. The van der Waals surface area contributed by atoms with Crippen molar-refractivity contribution < 1.29 is 9.59 Å². The minimum Gasteiger partial charge on any atom is -0.369 e. The molecule has 2 rings (SSSR count). The standard InChI is InChI=1S/C13H16N2O2/c1-9(10-5-3-2-4-6-10)15-8-11(13(14)17)7-12(15)16/h2-6,9,11H,7-8H2,1H3,(H2,14,17)/t9-,11-/m1/s1. The molecule has 2 N–H and O–H groups in total. The van der Waals surface area contributed by atoms with Crippen LogP contribution in [0.5, 0.6) is 0 Å². The molecule has 1 fully saturated rings. The van der Waals surface area contributed by atoms with Crippen molar-refractivity contribution >= 4 is 11.8 Å². The minimum atomic E-state index is -0.388. The van der Waals surface area contributed by atoms with Crippen LogP contribution in [0.4, 0.5) is 0 Å². The van der Waals surface area contributed by atoms with Crippen molar-refractivity contribution in [2.24, 2.45) is 11.7 Å². The second kappa shape index (κ2) is 4.57. The summed E-state index contributed by atoms with van der Waals surface area (Å²) in [6.07, 6.45) is 0.243. The van der Waals surface area contributed by atoms with E-state index < -0.39 is 0 Å². The van der Waals surface area contributed by atoms with Crippen molar-refractivity contribution in [2.75, 3.05) is 6.54 Å². The Morgan fingerprint density at radius 1 is 1.41 bits per heavy atom. The van der Waals surface area contributed by atoms with Crippen LogP contribution in [0.2, 0.25) is 0 Å². The van der Waals surface area contributed by atoms with E-state index in [0.717, 1.165) is 5.56 Å². The van der Waals surface area contributed by atoms with Gasteiger partial charge in [-0.05, 0) is 12.5 Å². The Kier molecular flexibility index (Phi) is 3.13. The summed E-state index contributed by atoms with van der Waals surface area (Å²) in [5.41, 5.74) is 6.32. The van der Waals surface area contributed by atoms with Gasteiger partial charge in [-0.2, -0.15) is 0 Å². The number of carbonyl (C=O) groups excluding carboxylic acids is 2. The molecule has 4 nitrogen and oxygen atoms in total. The molecule has 1 saturated heterocycles. The SMILES string of the molecule is C[C@H](c1ccccc1)N1C[C@H](C(N)=O)CC1=O. The van der Waals surface area contributed by atoms with Crippen LogP contribution < -0.4 is 5.73 Å². The van der Waals surface area contributed by atoms with Gasteiger partial charge in [-0.15, -0.1) is 0 Å². The Balaban J connectivity index is 2.14. The highest BCUT2D eigenvalue weighted by molar-refractivity contribution is 5.88. The summed E-state index contributed by atoms with van der Waals surface area (Å²) < 4.78 is 0. The molecule has 1 aromatic rings. The maximum Gasteiger partial charge on any atom is 0.223 e. The van der Waals surface area contributed by atoms with Crippen molar-refractivity contribution in [1.82, 2.24) is 4.90 Å². The average Bonchev–Trinajstić information content (AvgIpc) is 2.72. The van der Waals surface area contributed by atoms with Crippen LogP contribution in [-0.4, -0.2) is 23.3 Å². The number of rotatable bonds is 3. The summed E-state index contributed by atoms with van der Waals surface area (Å²) in [7, 11) is 0. The van der Waals surface area contributed by atoms with E-state index in [1.54, 1.807) is 4.90 Å². The Morgan fingerprint density at radius 3 is 2.59 bits per heavy atom. The third-order valence-corrected chi connectivity index (χ3v) is 3.31. The van der Waals surface area contributed by atoms with Crippen LogP contribution in [0.25, 0.3) is 0 Å². The molecular weight excluding hydrogens is 216 g/mol. The summed E-state index contributed by atoms with van der Waals surface area (Å²) in [6.45, 7) is 2.40. The van der Waals surface area contributed by atoms with Gasteiger partial charge in [0.15, 0.2) is 0 Å². The number of nitrogens with zero attached hydrogens (tertiary/aromatic N) is 1. The second-order valence-corrected chi connectivity index (χ2v) is 4.44. The van der Waals surface area contributed by atoms with Gasteiger partial charge in [-0.25, -0.2) is 0 Å². The number of hydrogen-bond acceptors (Lipinski definition) is 2. The first kappa shape index (κ1) is 11.6. The molecule has 1 heterocycles. The Labute approximate surface area is 100 Å². The fourth-order valence-electron chi connectivity index (χ4n) is 2.21. The van der Waals surface area contributed by atoms with Crippen molar-refractivity contribution in [2.45, 2.75) is 19.4 Å². The molecule has 1 aliphatic heterocycles. The van der Waals surface area contributed by atoms with Gasteiger partial charge in [-0.1, -0.05) is 30.3 Å². The van der Waals surface area contributed by atoms with Gasteiger partial charge in [0.05, 0.1) is 12.0 Å². The van der Waals surface area contributed by atoms with Crippen LogP contribution in [-0.2, 0) is 9.59 Å². The predicted molar refractivity (Wildman–Crippen MR) is 63.9 cm³/mol. The number of carbonyl (C=O) groups is 2. The Hall–Kier alpha value is -1.84. The van der Waals surface area contributed by atoms with Gasteiger partial charge in [0.2, 0.25) is 11.8 Å². The van der Waals surface area contributed by atoms with E-state index >= 15 is 0 Å². The van der Waals surface area contributed by atoms with Crippen LogP contribution in [0.3, 0.4) is 0 Å². The molecule has 1 aliphatic rings. The van der Waals surface area contributed by atoms with E-state index in [-0.39, 0.29) is 30.2 Å². The Morgan fingerprint density at radius 2 is 2.06 bits per heavy atom. The van der Waals surface area contributed by atoms with Crippen LogP contribution >= 0.6 is 0 Å². The fourth-order valence-corrected chi connectivity index (χ4v) is 2.21. The smallest absolute Gasteiger partial charge is 0.223 e. The minimum absolute atomic E-state index is 0.00477. The van der Waals surface area contributed by atoms with Crippen molar-refractivity contribution in [3.8, 4) is 0 Å². The quantitative estimate of drug-likeness (QED) is 0.847. The third-order valence-electron chi connectivity index (χ3n) is 3.31. The lowest BCUT2D eigenvalue weighted by Gasteiger charge is -2.24. The highest BCUT2D eigenvalue weighted by Crippen LogP contribution is 2.27. The van der Waals surface area contributed by atoms with E-state index in [1.165, 1.54) is 0 Å². The molecular formula is C13H16N2O2. The van der Waals surface area contributed by atoms with Gasteiger partial charge in [0.1, 0.15) is 0 Å². The van der Waals surface area contributed by atoms with Crippen LogP contribution in [0.1, 0.15) is 24.9 Å². The fraction of sp³-hybridized carbons (Fsp3) is 0.385. The number of primary amides is 1. The monoisotopic (exact) mass is 232 g/mol. The molecule has 2 amide bonds. The second-order valence-electron chi connectivity index (χ2n) is 4.44. The summed E-state index contributed by atoms with van der Waals surface area (Å²) in [5, 5.41) is 0. The first-order chi connectivity index (χ1) is 8.09. The normalized spacial score (nSPS) is 21.6. The van der Waals surface area contributed by atoms with E-state index in [2.05, 4.69) is 0 Å². The third kappa shape index (κ3) is 2.30. The highest BCUT2D eigenvalue weighted by Gasteiger charge is 2.35. The molecule has 0 radical (unpaired) electrons. The number of likely N-dealkylation sites (tertiary alicyclic amines) is 1. The van der Waals surface area contributed by atoms with Gasteiger partial charge in [0, 0.05) is 13.0 Å². The van der Waals surface area contributed by atoms with Crippen LogP contribution in [0.15, 0.2) is 30.3 Å². The lowest BCUT2D eigenvalue weighted by atomic mass is 10.1. The zero-order chi connectivity index (χ0) is 12.4. The van der Waals surface area contributed by atoms with Crippen LogP contribution in [0, 0.1) is 5.92 Å². The molecule has 4 heteroatoms. The van der Waals surface area contributed by atoms with E-state index in [4.69, 9.17) is 5.73 Å². The first-order valence-electron chi connectivity index (χ1n) is 5.73. The van der Waals surface area contributed by atoms with E-state index in [0.29, 0.717) is 6.54 Å². The van der Waals surface area contributed by atoms with Gasteiger partial charge >= 0.3 is 0 Å². The summed E-state index contributed by atoms with van der Waals surface area (Å²) in [5.74, 6) is -0.722. The molecule has 0 bridgehead atoms. The number of hydrogen-bond donors (Lipinski definition) is 1. The molecule has 0 saturated carbocycles. The molecule has 90 valence electrons. The van der Waals surface area contributed by atoms with E-state index in [9.17, 15) is 9.59 Å². The lowest BCUT2D eigenvalue weighted by Crippen LogP contribution is -2.30. The molecule has 1 aromatic carbocycles. The molecule has 0 unspecified atom stereocenters. The van der Waals surface area contributed by atoms with Crippen molar-refractivity contribution in [3.63, 3.8) is 0 Å². The Bertz CT molecular complexity index is 430. The first-order valence-corrected chi connectivity index (χ1v) is 5.73. The van der Waals surface area contributed by atoms with Crippen molar-refractivity contribution in [1.29, 1.82) is 0 Å². The van der Waals surface area contributed by atoms with Crippen molar-refractivity contribution in [3.05, 3.63) is 35.9 Å². The zero-order valence-electron chi connectivity index (χ0n) is 9.80. The van der Waals surface area contributed by atoms with Gasteiger partial charge in [0.25, 0.3) is 0 Å². The summed E-state index contributed by atoms with van der Waals surface area (Å²) in [4.78, 5) is 24.6. The van der Waals surface area contributed by atoms with E-state index in [1.807, 2.05) is 37.3 Å². The number of amides is 2. The average molecular weight is 232 g/mol. The maximum absolute atomic E-state index is 11.8. The molecule has 17 heavy (non-hydrogen) atoms. The summed E-state index contributed by atoms with van der Waals surface area (Å²) >= 11 is 0. The molecule has 0 spiro atoms. The maximum atomic E-state index is 11.8. The largest absolute Gasteiger partial charge is 0.369 e. The van der Waals surface area contributed by atoms with Gasteiger partial charge in [-0.3, -0.25) is 9.59 Å². The molecule has 0 aromatic heterocycles. The topological polar surface area (TPSA) is 63.4 Å². The molecule has 0 aliphatic carbocycles. The van der Waals surface area contributed by atoms with Gasteiger partial charge < -0.3 is 10.6 Å². The number of nitrogens with two attached hydrogens (primary N) is 1.